The number of H-pyrrole nitrogens is 1. The average molecular weight is 321 g/mol. The lowest BCUT2D eigenvalue weighted by Crippen LogP contribution is -2.31. The number of pyridine rings is 1. The van der Waals surface area contributed by atoms with Gasteiger partial charge in [0.15, 0.2) is 0 Å². The monoisotopic (exact) mass is 321 g/mol. The number of amides is 1. The van der Waals surface area contributed by atoms with Gasteiger partial charge in [0.1, 0.15) is 11.8 Å². The van der Waals surface area contributed by atoms with Crippen LogP contribution in [0.15, 0.2) is 48.7 Å². The molecule has 0 spiro atoms. The summed E-state index contributed by atoms with van der Waals surface area (Å²) in [6.07, 6.45) is 2.60. The molecule has 1 amide bonds. The van der Waals surface area contributed by atoms with Gasteiger partial charge in [0.25, 0.3) is 5.91 Å². The molecule has 1 aromatic carbocycles. The lowest BCUT2D eigenvalue weighted by Gasteiger charge is -2.16. The number of ether oxygens (including phenoxy) is 1. The predicted molar refractivity (Wildman–Crippen MR) is 92.2 cm³/mol. The third-order valence-electron chi connectivity index (χ3n) is 4.36. The van der Waals surface area contributed by atoms with Crippen LogP contribution in [0.25, 0.3) is 10.9 Å². The molecule has 4 rings (SSSR count). The van der Waals surface area contributed by atoms with Crippen molar-refractivity contribution < 1.29 is 9.53 Å². The molecule has 0 bridgehead atoms. The zero-order valence-electron chi connectivity index (χ0n) is 13.5. The Labute approximate surface area is 140 Å². The fraction of sp³-hybridized carbons (Fsp3) is 0.263. The number of aromatic nitrogens is 2. The van der Waals surface area contributed by atoms with Gasteiger partial charge in [-0.3, -0.25) is 4.79 Å². The molecule has 122 valence electrons. The van der Waals surface area contributed by atoms with Crippen LogP contribution in [0, 0.1) is 6.92 Å². The number of hydrogen-bond donors (Lipinski definition) is 1. The van der Waals surface area contributed by atoms with E-state index in [0.717, 1.165) is 22.9 Å². The quantitative estimate of drug-likeness (QED) is 0.806. The maximum atomic E-state index is 12.7. The number of para-hydroxylation sites is 1. The molecule has 0 saturated carbocycles. The Morgan fingerprint density at radius 2 is 2.17 bits per heavy atom. The molecule has 1 atom stereocenters. The number of carbonyl (C=O) groups is 1. The predicted octanol–water partition coefficient (Wildman–Crippen LogP) is 3.16. The van der Waals surface area contributed by atoms with Gasteiger partial charge >= 0.3 is 0 Å². The van der Waals surface area contributed by atoms with E-state index >= 15 is 0 Å². The minimum atomic E-state index is -0.00599. The van der Waals surface area contributed by atoms with Crippen molar-refractivity contribution in [3.63, 3.8) is 0 Å². The summed E-state index contributed by atoms with van der Waals surface area (Å²) in [6.45, 7) is 3.28. The number of likely N-dealkylation sites (tertiary alicyclic amines) is 1. The van der Waals surface area contributed by atoms with Gasteiger partial charge < -0.3 is 14.6 Å². The number of aryl methyl sites for hydroxylation is 1. The lowest BCUT2D eigenvalue weighted by molar-refractivity contribution is 0.0766. The number of fused-ring (bicyclic) bond motifs is 1. The maximum absolute atomic E-state index is 12.7. The number of rotatable bonds is 3. The second-order valence-electron chi connectivity index (χ2n) is 6.22. The fourth-order valence-corrected chi connectivity index (χ4v) is 3.06. The highest BCUT2D eigenvalue weighted by Crippen LogP contribution is 2.21. The van der Waals surface area contributed by atoms with E-state index in [1.165, 1.54) is 0 Å². The van der Waals surface area contributed by atoms with Crippen molar-refractivity contribution in [1.82, 2.24) is 14.9 Å². The van der Waals surface area contributed by atoms with E-state index < -0.39 is 0 Å². The molecule has 1 saturated heterocycles. The third kappa shape index (κ3) is 2.85. The van der Waals surface area contributed by atoms with Gasteiger partial charge in [0.2, 0.25) is 5.88 Å². The molecule has 1 aliphatic rings. The highest BCUT2D eigenvalue weighted by Gasteiger charge is 2.29. The Bertz CT molecular complexity index is 837. The molecular formula is C19H19N3O2. The van der Waals surface area contributed by atoms with E-state index in [0.29, 0.717) is 24.7 Å². The number of nitrogens with one attached hydrogen (secondary N) is 1. The summed E-state index contributed by atoms with van der Waals surface area (Å²) >= 11 is 0. The van der Waals surface area contributed by atoms with Crippen molar-refractivity contribution in [2.24, 2.45) is 0 Å². The second kappa shape index (κ2) is 6.00. The molecule has 0 radical (unpaired) electrons. The number of nitrogens with zero attached hydrogens (tertiary/aromatic N) is 2. The van der Waals surface area contributed by atoms with Crippen LogP contribution in [0.5, 0.6) is 5.88 Å². The summed E-state index contributed by atoms with van der Waals surface area (Å²) in [5.74, 6) is 0.639. The highest BCUT2D eigenvalue weighted by molar-refractivity contribution is 5.98. The topological polar surface area (TPSA) is 58.2 Å². The fourth-order valence-electron chi connectivity index (χ4n) is 3.06. The second-order valence-corrected chi connectivity index (χ2v) is 6.22. The molecule has 3 aromatic rings. The first-order valence-corrected chi connectivity index (χ1v) is 8.15. The molecule has 1 aliphatic heterocycles. The van der Waals surface area contributed by atoms with Crippen molar-refractivity contribution >= 4 is 16.8 Å². The molecule has 1 unspecified atom stereocenters. The molecule has 1 fully saturated rings. The van der Waals surface area contributed by atoms with Gasteiger partial charge in [-0.2, -0.15) is 0 Å². The number of carbonyl (C=O) groups excluding carboxylic acids is 1. The van der Waals surface area contributed by atoms with Gasteiger partial charge in [-0.25, -0.2) is 4.98 Å². The van der Waals surface area contributed by atoms with Crippen LogP contribution < -0.4 is 4.74 Å². The summed E-state index contributed by atoms with van der Waals surface area (Å²) in [4.78, 5) is 22.0. The van der Waals surface area contributed by atoms with E-state index in [4.69, 9.17) is 4.74 Å². The van der Waals surface area contributed by atoms with Gasteiger partial charge in [-0.15, -0.1) is 0 Å². The zero-order chi connectivity index (χ0) is 16.5. The van der Waals surface area contributed by atoms with Crippen molar-refractivity contribution in [2.45, 2.75) is 19.4 Å². The molecule has 5 heteroatoms. The summed E-state index contributed by atoms with van der Waals surface area (Å²) in [6, 6.07) is 13.7. The average Bonchev–Trinajstić information content (AvgIpc) is 3.23. The minimum Gasteiger partial charge on any atom is -0.472 e. The van der Waals surface area contributed by atoms with Crippen LogP contribution in [0.3, 0.4) is 0 Å². The molecule has 1 N–H and O–H groups in total. The van der Waals surface area contributed by atoms with Crippen molar-refractivity contribution in [2.75, 3.05) is 13.1 Å². The van der Waals surface area contributed by atoms with E-state index in [-0.39, 0.29) is 12.0 Å². The van der Waals surface area contributed by atoms with Gasteiger partial charge in [0, 0.05) is 36.1 Å². The van der Waals surface area contributed by atoms with E-state index in [1.54, 1.807) is 6.20 Å². The standard InChI is InChI=1S/C19H19N3O2/c1-13-6-7-18(20-11-13)24-15-8-9-22(12-15)19(23)17-10-14-4-2-3-5-16(14)21-17/h2-7,10-11,15,21H,8-9,12H2,1H3. The van der Waals surface area contributed by atoms with Gasteiger partial charge in [0.05, 0.1) is 6.54 Å². The largest absolute Gasteiger partial charge is 0.472 e. The van der Waals surface area contributed by atoms with Gasteiger partial charge in [-0.05, 0) is 24.6 Å². The smallest absolute Gasteiger partial charge is 0.270 e. The van der Waals surface area contributed by atoms with Gasteiger partial charge in [-0.1, -0.05) is 24.3 Å². The van der Waals surface area contributed by atoms with E-state index in [1.807, 2.05) is 54.3 Å². The SMILES string of the molecule is Cc1ccc(OC2CCN(C(=O)c3cc4ccccc4[nH]3)C2)nc1. The summed E-state index contributed by atoms with van der Waals surface area (Å²) < 4.78 is 5.89. The Balaban J connectivity index is 1.44. The maximum Gasteiger partial charge on any atom is 0.270 e. The Hall–Kier alpha value is -2.82. The van der Waals surface area contributed by atoms with Crippen LogP contribution in [-0.4, -0.2) is 40.0 Å². The number of aromatic amines is 1. The van der Waals surface area contributed by atoms with E-state index in [2.05, 4.69) is 9.97 Å². The normalized spacial score (nSPS) is 17.4. The molecule has 2 aromatic heterocycles. The molecule has 0 aliphatic carbocycles. The minimum absolute atomic E-state index is 0.00599. The first-order chi connectivity index (χ1) is 11.7. The molecule has 5 nitrogen and oxygen atoms in total. The third-order valence-corrected chi connectivity index (χ3v) is 4.36. The van der Waals surface area contributed by atoms with Crippen LogP contribution in [0.2, 0.25) is 0 Å². The summed E-state index contributed by atoms with van der Waals surface area (Å²) in [5, 5.41) is 1.05. The summed E-state index contributed by atoms with van der Waals surface area (Å²) in [7, 11) is 0. The van der Waals surface area contributed by atoms with Crippen molar-refractivity contribution in [3.8, 4) is 5.88 Å². The highest BCUT2D eigenvalue weighted by atomic mass is 16.5. The van der Waals surface area contributed by atoms with Crippen LogP contribution in [-0.2, 0) is 0 Å². The first kappa shape index (κ1) is 14.8. The number of hydrogen-bond acceptors (Lipinski definition) is 3. The summed E-state index contributed by atoms with van der Waals surface area (Å²) in [5.41, 5.74) is 2.71. The Morgan fingerprint density at radius 3 is 2.96 bits per heavy atom. The van der Waals surface area contributed by atoms with Crippen LogP contribution in [0.1, 0.15) is 22.5 Å². The Morgan fingerprint density at radius 1 is 1.29 bits per heavy atom. The Kier molecular flexibility index (Phi) is 3.69. The van der Waals surface area contributed by atoms with Crippen LogP contribution >= 0.6 is 0 Å². The molecule has 24 heavy (non-hydrogen) atoms. The number of benzene rings is 1. The van der Waals surface area contributed by atoms with Crippen LogP contribution in [0.4, 0.5) is 0 Å². The lowest BCUT2D eigenvalue weighted by atomic mass is 10.2. The van der Waals surface area contributed by atoms with E-state index in [9.17, 15) is 4.79 Å². The van der Waals surface area contributed by atoms with Crippen molar-refractivity contribution in [3.05, 3.63) is 59.9 Å². The first-order valence-electron chi connectivity index (χ1n) is 8.15. The molecular weight excluding hydrogens is 302 g/mol. The van der Waals surface area contributed by atoms with Crippen molar-refractivity contribution in [1.29, 1.82) is 0 Å². The zero-order valence-corrected chi connectivity index (χ0v) is 13.5. The molecule has 3 heterocycles.